The molecule has 5 heteroatoms. The number of benzene rings is 1. The van der Waals surface area contributed by atoms with Gasteiger partial charge in [0.15, 0.2) is 0 Å². The van der Waals surface area contributed by atoms with Crippen LogP contribution in [0.3, 0.4) is 0 Å². The van der Waals surface area contributed by atoms with Crippen molar-refractivity contribution < 1.29 is 9.59 Å². The molecule has 0 atom stereocenters. The predicted molar refractivity (Wildman–Crippen MR) is 84.1 cm³/mol. The van der Waals surface area contributed by atoms with Gasteiger partial charge in [0.05, 0.1) is 0 Å². The lowest BCUT2D eigenvalue weighted by molar-refractivity contribution is -0.119. The van der Waals surface area contributed by atoms with Gasteiger partial charge in [-0.25, -0.2) is 0 Å². The second kappa shape index (κ2) is 7.04. The molecule has 4 nitrogen and oxygen atoms in total. The Hall–Kier alpha value is -2.14. The van der Waals surface area contributed by atoms with E-state index in [2.05, 4.69) is 5.32 Å². The molecule has 1 aromatic heterocycles. The third-order valence-corrected chi connectivity index (χ3v) is 3.82. The van der Waals surface area contributed by atoms with Crippen molar-refractivity contribution in [2.75, 3.05) is 7.05 Å². The van der Waals surface area contributed by atoms with Crippen LogP contribution in [0, 0.1) is 0 Å². The van der Waals surface area contributed by atoms with E-state index in [1.54, 1.807) is 35.4 Å². The lowest BCUT2D eigenvalue weighted by Gasteiger charge is -2.16. The maximum atomic E-state index is 12.3. The van der Waals surface area contributed by atoms with Gasteiger partial charge in [-0.15, -0.1) is 0 Å². The van der Waals surface area contributed by atoms with Crippen molar-refractivity contribution in [1.82, 2.24) is 10.2 Å². The fraction of sp³-hybridized carbons (Fsp3) is 0.250. The molecule has 0 unspecified atom stereocenters. The summed E-state index contributed by atoms with van der Waals surface area (Å²) in [6.45, 7) is 2.57. The zero-order valence-corrected chi connectivity index (χ0v) is 12.9. The molecule has 0 fully saturated rings. The Balaban J connectivity index is 1.97. The average molecular weight is 302 g/mol. The summed E-state index contributed by atoms with van der Waals surface area (Å²) in [5, 5.41) is 6.78. The summed E-state index contributed by atoms with van der Waals surface area (Å²) in [4.78, 5) is 24.9. The fourth-order valence-corrected chi connectivity index (χ4v) is 2.60. The van der Waals surface area contributed by atoms with E-state index in [4.69, 9.17) is 0 Å². The van der Waals surface area contributed by atoms with Crippen molar-refractivity contribution in [1.29, 1.82) is 0 Å². The highest BCUT2D eigenvalue weighted by Gasteiger charge is 2.12. The first kappa shape index (κ1) is 15.3. The molecule has 1 N–H and O–H groups in total. The van der Waals surface area contributed by atoms with Crippen molar-refractivity contribution in [3.05, 3.63) is 57.8 Å². The summed E-state index contributed by atoms with van der Waals surface area (Å²) in [5.74, 6) is -0.0714. The molecule has 0 saturated heterocycles. The molecule has 0 aliphatic heterocycles. The van der Waals surface area contributed by atoms with Crippen LogP contribution in [0.1, 0.15) is 28.4 Å². The molecule has 1 heterocycles. The van der Waals surface area contributed by atoms with E-state index in [-0.39, 0.29) is 11.8 Å². The van der Waals surface area contributed by atoms with Crippen molar-refractivity contribution in [2.24, 2.45) is 0 Å². The van der Waals surface area contributed by atoms with Crippen LogP contribution in [0.2, 0.25) is 0 Å². The third-order valence-electron chi connectivity index (χ3n) is 3.09. The van der Waals surface area contributed by atoms with E-state index in [9.17, 15) is 9.59 Å². The van der Waals surface area contributed by atoms with Crippen molar-refractivity contribution in [3.63, 3.8) is 0 Å². The number of hydrogen-bond donors (Lipinski definition) is 1. The van der Waals surface area contributed by atoms with Crippen LogP contribution in [-0.4, -0.2) is 23.8 Å². The van der Waals surface area contributed by atoms with E-state index in [1.807, 2.05) is 29.0 Å². The number of hydrogen-bond acceptors (Lipinski definition) is 3. The second-order valence-electron chi connectivity index (χ2n) is 4.90. The van der Waals surface area contributed by atoms with Gasteiger partial charge in [-0.05, 0) is 40.1 Å². The fourth-order valence-electron chi connectivity index (χ4n) is 1.94. The van der Waals surface area contributed by atoms with E-state index >= 15 is 0 Å². The molecule has 2 rings (SSSR count). The van der Waals surface area contributed by atoms with E-state index < -0.39 is 0 Å². The van der Waals surface area contributed by atoms with Crippen molar-refractivity contribution in [2.45, 2.75) is 20.0 Å². The first-order chi connectivity index (χ1) is 10.1. The van der Waals surface area contributed by atoms with Crippen LogP contribution < -0.4 is 5.32 Å². The molecule has 0 aliphatic rings. The van der Waals surface area contributed by atoms with Gasteiger partial charge in [0.1, 0.15) is 0 Å². The lowest BCUT2D eigenvalue weighted by atomic mass is 10.1. The minimum absolute atomic E-state index is 0.00715. The Kier molecular flexibility index (Phi) is 5.11. The molecule has 2 aromatic rings. The zero-order chi connectivity index (χ0) is 15.2. The minimum Gasteiger partial charge on any atom is -0.352 e. The largest absolute Gasteiger partial charge is 0.352 e. The molecule has 21 heavy (non-hydrogen) atoms. The predicted octanol–water partition coefficient (Wildman–Crippen LogP) is 2.66. The molecule has 0 bridgehead atoms. The first-order valence-corrected chi connectivity index (χ1v) is 7.60. The van der Waals surface area contributed by atoms with Gasteiger partial charge in [0.2, 0.25) is 5.91 Å². The van der Waals surface area contributed by atoms with Crippen LogP contribution in [0.25, 0.3) is 0 Å². The summed E-state index contributed by atoms with van der Waals surface area (Å²) in [6.07, 6.45) is 0. The highest BCUT2D eigenvalue weighted by atomic mass is 32.1. The number of nitrogens with zero attached hydrogens (tertiary/aromatic N) is 1. The van der Waals surface area contributed by atoms with Gasteiger partial charge in [-0.1, -0.05) is 12.1 Å². The van der Waals surface area contributed by atoms with Crippen molar-refractivity contribution >= 4 is 23.2 Å². The quantitative estimate of drug-likeness (QED) is 0.923. The topological polar surface area (TPSA) is 49.4 Å². The maximum absolute atomic E-state index is 12.3. The third kappa shape index (κ3) is 4.43. The summed E-state index contributed by atoms with van der Waals surface area (Å²) < 4.78 is 0. The van der Waals surface area contributed by atoms with Crippen LogP contribution in [-0.2, 0) is 17.9 Å². The number of nitrogens with one attached hydrogen (secondary N) is 1. The molecular weight excluding hydrogens is 284 g/mol. The minimum atomic E-state index is -0.0642. The Bertz CT molecular complexity index is 606. The van der Waals surface area contributed by atoms with Crippen LogP contribution in [0.4, 0.5) is 0 Å². The van der Waals surface area contributed by atoms with Gasteiger partial charge in [0, 0.05) is 32.6 Å². The number of carbonyl (C=O) groups is 2. The number of rotatable bonds is 5. The molecule has 110 valence electrons. The van der Waals surface area contributed by atoms with Gasteiger partial charge >= 0.3 is 0 Å². The Morgan fingerprint density at radius 1 is 1.14 bits per heavy atom. The Morgan fingerprint density at radius 2 is 1.86 bits per heavy atom. The van der Waals surface area contributed by atoms with Gasteiger partial charge in [-0.2, -0.15) is 11.3 Å². The number of thiophene rings is 1. The molecule has 0 aliphatic carbocycles. The molecular formula is C16H18N2O2S. The standard InChI is InChI=1S/C16H18N2O2S/c1-12(19)17-9-13-3-5-15(6-4-13)16(20)18(2)10-14-7-8-21-11-14/h3-8,11H,9-10H2,1-2H3,(H,17,19). The molecule has 0 radical (unpaired) electrons. The average Bonchev–Trinajstić information content (AvgIpc) is 2.97. The highest BCUT2D eigenvalue weighted by molar-refractivity contribution is 7.07. The zero-order valence-electron chi connectivity index (χ0n) is 12.1. The van der Waals surface area contributed by atoms with E-state index in [1.165, 1.54) is 6.92 Å². The first-order valence-electron chi connectivity index (χ1n) is 6.66. The van der Waals surface area contributed by atoms with Gasteiger partial charge in [-0.3, -0.25) is 9.59 Å². The SMILES string of the molecule is CC(=O)NCc1ccc(C(=O)N(C)Cc2ccsc2)cc1. The Morgan fingerprint density at radius 3 is 2.43 bits per heavy atom. The van der Waals surface area contributed by atoms with E-state index in [0.29, 0.717) is 18.7 Å². The molecule has 2 amide bonds. The highest BCUT2D eigenvalue weighted by Crippen LogP contribution is 2.12. The summed E-state index contributed by atoms with van der Waals surface area (Å²) in [7, 11) is 1.80. The molecule has 0 saturated carbocycles. The van der Waals surface area contributed by atoms with Gasteiger partial charge < -0.3 is 10.2 Å². The van der Waals surface area contributed by atoms with Gasteiger partial charge in [0.25, 0.3) is 5.91 Å². The Labute approximate surface area is 128 Å². The summed E-state index contributed by atoms with van der Waals surface area (Å²) in [6, 6.07) is 9.33. The van der Waals surface area contributed by atoms with E-state index in [0.717, 1.165) is 11.1 Å². The normalized spacial score (nSPS) is 10.2. The number of amides is 2. The second-order valence-corrected chi connectivity index (χ2v) is 5.68. The summed E-state index contributed by atoms with van der Waals surface area (Å²) >= 11 is 1.63. The van der Waals surface area contributed by atoms with Crippen molar-refractivity contribution in [3.8, 4) is 0 Å². The monoisotopic (exact) mass is 302 g/mol. The molecule has 1 aromatic carbocycles. The number of carbonyl (C=O) groups excluding carboxylic acids is 2. The lowest BCUT2D eigenvalue weighted by Crippen LogP contribution is -2.26. The van der Waals surface area contributed by atoms with Crippen LogP contribution in [0.15, 0.2) is 41.1 Å². The molecule has 0 spiro atoms. The van der Waals surface area contributed by atoms with Crippen LogP contribution >= 0.6 is 11.3 Å². The smallest absolute Gasteiger partial charge is 0.253 e. The maximum Gasteiger partial charge on any atom is 0.253 e. The summed E-state index contributed by atoms with van der Waals surface area (Å²) in [5.41, 5.74) is 2.76. The van der Waals surface area contributed by atoms with Crippen LogP contribution in [0.5, 0.6) is 0 Å².